The number of ether oxygens (including phenoxy) is 1. The van der Waals surface area contributed by atoms with Crippen LogP contribution in [0.1, 0.15) is 34.3 Å². The molecule has 0 saturated carbocycles. The second-order valence-corrected chi connectivity index (χ2v) is 8.89. The van der Waals surface area contributed by atoms with Crippen LogP contribution in [0.4, 0.5) is 17.6 Å². The molecular formula is C24H23ClF4N2O3. The number of piperazine rings is 1. The minimum Gasteiger partial charge on any atom is -0.381 e. The molecule has 2 fully saturated rings. The topological polar surface area (TPSA) is 49.9 Å². The smallest absolute Gasteiger partial charge is 0.381 e. The van der Waals surface area contributed by atoms with Gasteiger partial charge in [-0.05, 0) is 42.7 Å². The molecule has 0 unspecified atom stereocenters. The normalized spacial score (nSPS) is 18.6. The molecule has 2 aliphatic heterocycles. The van der Waals surface area contributed by atoms with Crippen molar-refractivity contribution in [3.05, 3.63) is 70.0 Å². The quantitative estimate of drug-likeness (QED) is 0.584. The Morgan fingerprint density at radius 1 is 0.941 bits per heavy atom. The van der Waals surface area contributed by atoms with Crippen molar-refractivity contribution in [2.75, 3.05) is 39.4 Å². The Bertz CT molecular complexity index is 1080. The molecule has 0 radical (unpaired) electrons. The summed E-state index contributed by atoms with van der Waals surface area (Å²) in [5.74, 6) is -1.17. The molecule has 0 bridgehead atoms. The lowest BCUT2D eigenvalue weighted by atomic mass is 9.72. The van der Waals surface area contributed by atoms with Gasteiger partial charge < -0.3 is 14.5 Å². The molecule has 2 saturated heterocycles. The highest BCUT2D eigenvalue weighted by molar-refractivity contribution is 6.33. The first-order chi connectivity index (χ1) is 16.1. The summed E-state index contributed by atoms with van der Waals surface area (Å²) in [5, 5.41) is 0.00853. The van der Waals surface area contributed by atoms with E-state index in [-0.39, 0.29) is 74.6 Å². The number of benzene rings is 2. The molecule has 0 N–H and O–H groups in total. The second kappa shape index (κ2) is 9.54. The monoisotopic (exact) mass is 498 g/mol. The van der Waals surface area contributed by atoms with Crippen LogP contribution in [0.5, 0.6) is 0 Å². The number of rotatable bonds is 3. The van der Waals surface area contributed by atoms with Crippen LogP contribution in [-0.4, -0.2) is 61.0 Å². The predicted molar refractivity (Wildman–Crippen MR) is 117 cm³/mol. The Balaban J connectivity index is 1.53. The maximum atomic E-state index is 13.7. The molecule has 2 aliphatic rings. The van der Waals surface area contributed by atoms with Crippen molar-refractivity contribution in [3.63, 3.8) is 0 Å². The number of hydrogen-bond donors (Lipinski definition) is 0. The van der Waals surface area contributed by atoms with Crippen molar-refractivity contribution >= 4 is 23.4 Å². The Hall–Kier alpha value is -2.65. The van der Waals surface area contributed by atoms with E-state index >= 15 is 0 Å². The minimum atomic E-state index is -4.51. The van der Waals surface area contributed by atoms with Crippen molar-refractivity contribution < 1.29 is 31.9 Å². The van der Waals surface area contributed by atoms with Gasteiger partial charge in [0, 0.05) is 39.4 Å². The van der Waals surface area contributed by atoms with Crippen LogP contribution in [0.15, 0.2) is 42.5 Å². The maximum Gasteiger partial charge on any atom is 0.416 e. The predicted octanol–water partition coefficient (Wildman–Crippen LogP) is 4.53. The summed E-state index contributed by atoms with van der Waals surface area (Å²) in [6.45, 7) is 1.45. The van der Waals surface area contributed by atoms with Crippen molar-refractivity contribution in [1.29, 1.82) is 0 Å². The molecule has 2 aromatic rings. The van der Waals surface area contributed by atoms with E-state index in [9.17, 15) is 27.2 Å². The zero-order valence-electron chi connectivity index (χ0n) is 18.2. The van der Waals surface area contributed by atoms with Crippen LogP contribution in [-0.2, 0) is 21.1 Å². The van der Waals surface area contributed by atoms with Gasteiger partial charge in [-0.25, -0.2) is 4.39 Å². The van der Waals surface area contributed by atoms with E-state index in [2.05, 4.69) is 0 Å². The number of alkyl halides is 3. The van der Waals surface area contributed by atoms with Crippen LogP contribution in [0.3, 0.4) is 0 Å². The highest BCUT2D eigenvalue weighted by Crippen LogP contribution is 2.40. The summed E-state index contributed by atoms with van der Waals surface area (Å²) >= 11 is 6.01. The average molecular weight is 499 g/mol. The van der Waals surface area contributed by atoms with Gasteiger partial charge in [-0.2, -0.15) is 13.2 Å². The van der Waals surface area contributed by atoms with Crippen LogP contribution < -0.4 is 0 Å². The number of carbonyl (C=O) groups is 2. The number of carbonyl (C=O) groups excluding carboxylic acids is 2. The molecule has 0 aromatic heterocycles. The zero-order chi connectivity index (χ0) is 24.5. The third-order valence-electron chi connectivity index (χ3n) is 6.51. The molecule has 0 aliphatic carbocycles. The lowest BCUT2D eigenvalue weighted by Crippen LogP contribution is -2.56. The van der Waals surface area contributed by atoms with Gasteiger partial charge in [0.05, 0.1) is 21.6 Å². The summed E-state index contributed by atoms with van der Waals surface area (Å²) in [6.07, 6.45) is -3.96. The van der Waals surface area contributed by atoms with Crippen molar-refractivity contribution in [2.24, 2.45) is 0 Å². The van der Waals surface area contributed by atoms with Crippen molar-refractivity contribution in [1.82, 2.24) is 9.80 Å². The lowest BCUT2D eigenvalue weighted by Gasteiger charge is -2.43. The van der Waals surface area contributed by atoms with Gasteiger partial charge in [0.25, 0.3) is 5.91 Å². The first-order valence-electron chi connectivity index (χ1n) is 10.9. The van der Waals surface area contributed by atoms with Crippen molar-refractivity contribution in [2.45, 2.75) is 24.4 Å². The van der Waals surface area contributed by atoms with E-state index < -0.39 is 23.0 Å². The molecule has 0 spiro atoms. The summed E-state index contributed by atoms with van der Waals surface area (Å²) in [7, 11) is 0. The van der Waals surface area contributed by atoms with Gasteiger partial charge in [-0.1, -0.05) is 29.8 Å². The minimum absolute atomic E-state index is 0.00853. The molecule has 0 atom stereocenters. The van der Waals surface area contributed by atoms with Gasteiger partial charge in [-0.3, -0.25) is 9.59 Å². The summed E-state index contributed by atoms with van der Waals surface area (Å²) < 4.78 is 58.7. The molecule has 2 amide bonds. The van der Waals surface area contributed by atoms with Crippen LogP contribution in [0.2, 0.25) is 5.02 Å². The summed E-state index contributed by atoms with van der Waals surface area (Å²) in [5.41, 5.74) is -1.42. The first kappa shape index (κ1) is 24.5. The molecule has 2 heterocycles. The van der Waals surface area contributed by atoms with E-state index in [1.54, 1.807) is 11.0 Å². The van der Waals surface area contributed by atoms with Gasteiger partial charge in [0.2, 0.25) is 5.91 Å². The fourth-order valence-corrected chi connectivity index (χ4v) is 4.84. The Kier molecular flexibility index (Phi) is 6.87. The van der Waals surface area contributed by atoms with Crippen LogP contribution in [0, 0.1) is 5.82 Å². The molecule has 4 rings (SSSR count). The fraction of sp³-hybridized carbons (Fsp3) is 0.417. The van der Waals surface area contributed by atoms with Gasteiger partial charge >= 0.3 is 6.18 Å². The van der Waals surface area contributed by atoms with E-state index in [0.717, 1.165) is 24.3 Å². The Labute approximate surface area is 199 Å². The Morgan fingerprint density at radius 3 is 2.21 bits per heavy atom. The van der Waals surface area contributed by atoms with E-state index in [4.69, 9.17) is 16.3 Å². The number of nitrogens with zero attached hydrogens (tertiary/aromatic N) is 2. The SMILES string of the molecule is O=C(c1ccc(F)cc1Cl)N1CCN(C(=O)C2(c3cccc(C(F)(F)F)c3)CCOCC2)CC1. The zero-order valence-corrected chi connectivity index (χ0v) is 19.0. The highest BCUT2D eigenvalue weighted by Gasteiger charge is 2.45. The molecule has 34 heavy (non-hydrogen) atoms. The third-order valence-corrected chi connectivity index (χ3v) is 6.83. The molecule has 2 aromatic carbocycles. The maximum absolute atomic E-state index is 13.7. The first-order valence-corrected chi connectivity index (χ1v) is 11.3. The number of amides is 2. The van der Waals surface area contributed by atoms with Crippen LogP contribution >= 0.6 is 11.6 Å². The molecule has 10 heteroatoms. The number of halogens is 5. The molecule has 182 valence electrons. The van der Waals surface area contributed by atoms with E-state index in [0.29, 0.717) is 5.56 Å². The largest absolute Gasteiger partial charge is 0.416 e. The lowest BCUT2D eigenvalue weighted by molar-refractivity contribution is -0.143. The van der Waals surface area contributed by atoms with Gasteiger partial charge in [0.15, 0.2) is 0 Å². The fourth-order valence-electron chi connectivity index (χ4n) is 4.59. The molecule has 5 nitrogen and oxygen atoms in total. The third kappa shape index (κ3) is 4.77. The van der Waals surface area contributed by atoms with E-state index in [1.807, 2.05) is 0 Å². The van der Waals surface area contributed by atoms with Crippen LogP contribution in [0.25, 0.3) is 0 Å². The standard InChI is InChI=1S/C24H23ClF4N2O3/c25-20-15-18(26)4-5-19(20)21(32)30-8-10-31(11-9-30)22(33)23(6-12-34-13-7-23)16-2-1-3-17(14-16)24(27,28)29/h1-5,14-15H,6-13H2. The average Bonchev–Trinajstić information content (AvgIpc) is 2.83. The van der Waals surface area contributed by atoms with Crippen molar-refractivity contribution in [3.8, 4) is 0 Å². The highest BCUT2D eigenvalue weighted by atomic mass is 35.5. The summed E-state index contributed by atoms with van der Waals surface area (Å²) in [4.78, 5) is 29.6. The van der Waals surface area contributed by atoms with Gasteiger partial charge in [-0.15, -0.1) is 0 Å². The van der Waals surface area contributed by atoms with Gasteiger partial charge in [0.1, 0.15) is 5.82 Å². The second-order valence-electron chi connectivity index (χ2n) is 8.48. The Morgan fingerprint density at radius 2 is 1.59 bits per heavy atom. The molecular weight excluding hydrogens is 476 g/mol. The van der Waals surface area contributed by atoms with E-state index in [1.165, 1.54) is 17.0 Å². The summed E-state index contributed by atoms with van der Waals surface area (Å²) in [6, 6.07) is 8.48. The number of hydrogen-bond acceptors (Lipinski definition) is 3.